The predicted molar refractivity (Wildman–Crippen MR) is 97.9 cm³/mol. The molecule has 1 aliphatic heterocycles. The van der Waals surface area contributed by atoms with E-state index in [0.29, 0.717) is 17.9 Å². The van der Waals surface area contributed by atoms with Crippen LogP contribution >= 0.6 is 0 Å². The molecule has 1 saturated heterocycles. The van der Waals surface area contributed by atoms with Gasteiger partial charge in [0.05, 0.1) is 23.3 Å². The van der Waals surface area contributed by atoms with Crippen molar-refractivity contribution in [3.63, 3.8) is 0 Å². The van der Waals surface area contributed by atoms with E-state index in [9.17, 15) is 4.79 Å². The zero-order chi connectivity index (χ0) is 18.1. The molecule has 4 rings (SSSR count). The van der Waals surface area contributed by atoms with Crippen molar-refractivity contribution in [1.29, 1.82) is 0 Å². The Morgan fingerprint density at radius 3 is 2.88 bits per heavy atom. The highest BCUT2D eigenvalue weighted by Crippen LogP contribution is 2.43. The number of rotatable bonds is 4. The number of aromatic nitrogens is 2. The minimum atomic E-state index is -0.246. The van der Waals surface area contributed by atoms with Crippen LogP contribution in [-0.2, 0) is 9.47 Å². The van der Waals surface area contributed by atoms with Crippen LogP contribution in [0.3, 0.4) is 0 Å². The number of carbonyl (C=O) groups excluding carboxylic acids is 1. The van der Waals surface area contributed by atoms with Crippen LogP contribution < -0.4 is 0 Å². The molecule has 2 heterocycles. The van der Waals surface area contributed by atoms with Gasteiger partial charge in [-0.3, -0.25) is 4.79 Å². The molecule has 0 radical (unpaired) electrons. The quantitative estimate of drug-likeness (QED) is 0.916. The molecule has 1 saturated carbocycles. The molecule has 1 amide bonds. The maximum atomic E-state index is 13.5. The highest BCUT2D eigenvalue weighted by Gasteiger charge is 2.52. The number of hydrogen-bond donors (Lipinski definition) is 1. The number of fused-ring (bicyclic) bond motifs is 1. The van der Waals surface area contributed by atoms with Gasteiger partial charge in [0.2, 0.25) is 0 Å². The lowest BCUT2D eigenvalue weighted by Crippen LogP contribution is -2.53. The Hall–Kier alpha value is -2.18. The van der Waals surface area contributed by atoms with E-state index < -0.39 is 0 Å². The lowest BCUT2D eigenvalue weighted by Gasteiger charge is -2.43. The van der Waals surface area contributed by atoms with Gasteiger partial charge in [0.25, 0.3) is 5.91 Å². The van der Waals surface area contributed by atoms with Crippen molar-refractivity contribution in [3.8, 4) is 11.4 Å². The summed E-state index contributed by atoms with van der Waals surface area (Å²) in [5.41, 5.74) is 1.26. The lowest BCUT2D eigenvalue weighted by atomic mass is 9.79. The smallest absolute Gasteiger partial charge is 0.254 e. The minimum Gasteiger partial charge on any atom is -0.381 e. The van der Waals surface area contributed by atoms with Crippen molar-refractivity contribution in [2.24, 2.45) is 0 Å². The number of nitrogens with one attached hydrogen (secondary N) is 1. The maximum Gasteiger partial charge on any atom is 0.254 e. The molecule has 2 aliphatic rings. The number of nitrogens with zero attached hydrogens (tertiary/aromatic N) is 2. The highest BCUT2D eigenvalue weighted by molar-refractivity contribution is 6.00. The number of ether oxygens (including phenoxy) is 2. The standard InChI is InChI=1S/C20H25N3O3/c1-25-14-7-8-20(26-2)9-12-23(17(20)13-14)19(24)16-6-4-3-5-15(16)18-21-10-11-22-18/h3-6,10-11,14,17H,7-9,12-13H2,1-2H3,(H,21,22)/t14?,17?,20-/m1/s1. The van der Waals surface area contributed by atoms with Gasteiger partial charge in [-0.05, 0) is 31.7 Å². The molecule has 0 spiro atoms. The maximum absolute atomic E-state index is 13.5. The number of benzene rings is 1. The average Bonchev–Trinajstić information content (AvgIpc) is 3.35. The molecule has 2 unspecified atom stereocenters. The number of imidazole rings is 1. The largest absolute Gasteiger partial charge is 0.381 e. The normalized spacial score (nSPS) is 28.2. The third-order valence-electron chi connectivity index (χ3n) is 6.05. The Morgan fingerprint density at radius 2 is 2.15 bits per heavy atom. The van der Waals surface area contributed by atoms with Gasteiger partial charge in [-0.15, -0.1) is 0 Å². The molecule has 2 fully saturated rings. The summed E-state index contributed by atoms with van der Waals surface area (Å²) in [6, 6.07) is 7.69. The summed E-state index contributed by atoms with van der Waals surface area (Å²) < 4.78 is 11.5. The number of likely N-dealkylation sites (tertiary alicyclic amines) is 1. The fraction of sp³-hybridized carbons (Fsp3) is 0.500. The van der Waals surface area contributed by atoms with E-state index >= 15 is 0 Å². The van der Waals surface area contributed by atoms with E-state index in [1.165, 1.54) is 0 Å². The van der Waals surface area contributed by atoms with Crippen LogP contribution in [0.5, 0.6) is 0 Å². The fourth-order valence-electron chi connectivity index (χ4n) is 4.56. The van der Waals surface area contributed by atoms with Crippen LogP contribution in [0.4, 0.5) is 0 Å². The van der Waals surface area contributed by atoms with Gasteiger partial charge < -0.3 is 19.4 Å². The molecule has 2 aromatic rings. The first-order chi connectivity index (χ1) is 12.7. The number of methoxy groups -OCH3 is 2. The van der Waals surface area contributed by atoms with Crippen molar-refractivity contribution in [2.45, 2.75) is 43.4 Å². The fourth-order valence-corrected chi connectivity index (χ4v) is 4.56. The van der Waals surface area contributed by atoms with E-state index in [-0.39, 0.29) is 23.7 Å². The first-order valence-electron chi connectivity index (χ1n) is 9.16. The van der Waals surface area contributed by atoms with Gasteiger partial charge in [-0.25, -0.2) is 4.98 Å². The molecule has 1 aliphatic carbocycles. The molecular weight excluding hydrogens is 330 g/mol. The summed E-state index contributed by atoms with van der Waals surface area (Å²) >= 11 is 0. The zero-order valence-electron chi connectivity index (χ0n) is 15.3. The summed E-state index contributed by atoms with van der Waals surface area (Å²) in [5.74, 6) is 0.752. The lowest BCUT2D eigenvalue weighted by molar-refractivity contribution is -0.0893. The van der Waals surface area contributed by atoms with E-state index in [1.807, 2.05) is 29.2 Å². The van der Waals surface area contributed by atoms with Crippen molar-refractivity contribution >= 4 is 5.91 Å². The summed E-state index contributed by atoms with van der Waals surface area (Å²) in [6.07, 6.45) is 7.25. The number of carbonyl (C=O) groups is 1. The Labute approximate surface area is 153 Å². The Bertz CT molecular complexity index is 776. The number of amides is 1. The molecule has 1 aromatic heterocycles. The third-order valence-corrected chi connectivity index (χ3v) is 6.05. The second-order valence-electron chi connectivity index (χ2n) is 7.15. The second-order valence-corrected chi connectivity index (χ2v) is 7.15. The Balaban J connectivity index is 1.67. The zero-order valence-corrected chi connectivity index (χ0v) is 15.3. The molecule has 138 valence electrons. The van der Waals surface area contributed by atoms with Gasteiger partial charge in [0.15, 0.2) is 0 Å². The Morgan fingerprint density at radius 1 is 1.31 bits per heavy atom. The van der Waals surface area contributed by atoms with Crippen molar-refractivity contribution in [3.05, 3.63) is 42.2 Å². The average molecular weight is 355 g/mol. The van der Waals surface area contributed by atoms with Crippen LogP contribution in [0.25, 0.3) is 11.4 Å². The van der Waals surface area contributed by atoms with Crippen molar-refractivity contribution in [2.75, 3.05) is 20.8 Å². The predicted octanol–water partition coefficient (Wildman–Crippen LogP) is 2.88. The first-order valence-corrected chi connectivity index (χ1v) is 9.16. The van der Waals surface area contributed by atoms with Crippen LogP contribution in [0, 0.1) is 0 Å². The van der Waals surface area contributed by atoms with Crippen LogP contribution in [-0.4, -0.2) is 59.3 Å². The molecule has 6 heteroatoms. The SMILES string of the molecule is COC1CC[C@@]2(OC)CCN(C(=O)c3ccccc3-c3ncc[nH]3)C2C1. The van der Waals surface area contributed by atoms with Crippen LogP contribution in [0.2, 0.25) is 0 Å². The van der Waals surface area contributed by atoms with Gasteiger partial charge in [0.1, 0.15) is 5.82 Å². The van der Waals surface area contributed by atoms with Gasteiger partial charge in [-0.1, -0.05) is 18.2 Å². The molecular formula is C20H25N3O3. The number of aromatic amines is 1. The van der Waals surface area contributed by atoms with E-state index in [1.54, 1.807) is 26.6 Å². The molecule has 26 heavy (non-hydrogen) atoms. The summed E-state index contributed by atoms with van der Waals surface area (Å²) in [6.45, 7) is 0.709. The third kappa shape index (κ3) is 2.73. The first kappa shape index (κ1) is 17.2. The molecule has 1 N–H and O–H groups in total. The summed E-state index contributed by atoms with van der Waals surface area (Å²) in [7, 11) is 3.52. The molecule has 0 bridgehead atoms. The molecule has 3 atom stereocenters. The number of hydrogen-bond acceptors (Lipinski definition) is 4. The summed E-state index contributed by atoms with van der Waals surface area (Å²) in [5, 5.41) is 0. The minimum absolute atomic E-state index is 0.0395. The summed E-state index contributed by atoms with van der Waals surface area (Å²) in [4.78, 5) is 22.9. The van der Waals surface area contributed by atoms with E-state index in [0.717, 1.165) is 31.2 Å². The molecule has 6 nitrogen and oxygen atoms in total. The van der Waals surface area contributed by atoms with Gasteiger partial charge >= 0.3 is 0 Å². The highest BCUT2D eigenvalue weighted by atomic mass is 16.5. The van der Waals surface area contributed by atoms with Crippen LogP contribution in [0.15, 0.2) is 36.7 Å². The second kappa shape index (κ2) is 6.85. The van der Waals surface area contributed by atoms with E-state index in [4.69, 9.17) is 9.47 Å². The monoisotopic (exact) mass is 355 g/mol. The van der Waals surface area contributed by atoms with Crippen molar-refractivity contribution < 1.29 is 14.3 Å². The van der Waals surface area contributed by atoms with Crippen molar-refractivity contribution in [1.82, 2.24) is 14.9 Å². The number of H-pyrrole nitrogens is 1. The van der Waals surface area contributed by atoms with E-state index in [2.05, 4.69) is 9.97 Å². The Kier molecular flexibility index (Phi) is 4.54. The van der Waals surface area contributed by atoms with Gasteiger partial charge in [-0.2, -0.15) is 0 Å². The molecule has 1 aromatic carbocycles. The van der Waals surface area contributed by atoms with Crippen LogP contribution in [0.1, 0.15) is 36.0 Å². The van der Waals surface area contributed by atoms with Gasteiger partial charge in [0, 0.05) is 38.7 Å². The topological polar surface area (TPSA) is 67.5 Å².